The quantitative estimate of drug-likeness (QED) is 0.895. The number of carboxylic acids is 1. The van der Waals surface area contributed by atoms with Gasteiger partial charge in [-0.05, 0) is 48.9 Å². The fourth-order valence-corrected chi connectivity index (χ4v) is 2.00. The van der Waals surface area contributed by atoms with E-state index in [1.54, 1.807) is 18.2 Å². The number of aryl methyl sites for hydroxylation is 1. The van der Waals surface area contributed by atoms with E-state index in [0.29, 0.717) is 16.3 Å². The summed E-state index contributed by atoms with van der Waals surface area (Å²) < 4.78 is 0. The van der Waals surface area contributed by atoms with E-state index in [2.05, 4.69) is 11.4 Å². The molecule has 2 aromatic carbocycles. The van der Waals surface area contributed by atoms with E-state index in [9.17, 15) is 4.79 Å². The molecule has 5 heteroatoms. The Morgan fingerprint density at radius 3 is 2.60 bits per heavy atom. The van der Waals surface area contributed by atoms with Gasteiger partial charge in [0.1, 0.15) is 0 Å². The van der Waals surface area contributed by atoms with Gasteiger partial charge in [-0.1, -0.05) is 11.6 Å². The van der Waals surface area contributed by atoms with Gasteiger partial charge in [-0.25, -0.2) is 4.79 Å². The predicted molar refractivity (Wildman–Crippen MR) is 77.6 cm³/mol. The van der Waals surface area contributed by atoms with Crippen molar-refractivity contribution in [3.8, 4) is 6.07 Å². The van der Waals surface area contributed by atoms with Crippen molar-refractivity contribution in [3.05, 3.63) is 58.1 Å². The minimum Gasteiger partial charge on any atom is -0.478 e. The summed E-state index contributed by atoms with van der Waals surface area (Å²) in [6.45, 7) is 1.85. The second-order valence-electron chi connectivity index (χ2n) is 4.27. The minimum atomic E-state index is -1.02. The van der Waals surface area contributed by atoms with Gasteiger partial charge in [0.25, 0.3) is 0 Å². The van der Waals surface area contributed by atoms with Crippen molar-refractivity contribution in [1.29, 1.82) is 5.26 Å². The maximum Gasteiger partial charge on any atom is 0.335 e. The van der Waals surface area contributed by atoms with Crippen LogP contribution in [0.25, 0.3) is 0 Å². The van der Waals surface area contributed by atoms with Crippen LogP contribution in [0.4, 0.5) is 11.4 Å². The van der Waals surface area contributed by atoms with E-state index < -0.39 is 5.97 Å². The number of anilines is 2. The van der Waals surface area contributed by atoms with Crippen LogP contribution in [0.2, 0.25) is 5.02 Å². The molecule has 0 aromatic heterocycles. The Morgan fingerprint density at radius 1 is 1.30 bits per heavy atom. The molecule has 0 atom stereocenters. The molecule has 2 N–H and O–H groups in total. The first kappa shape index (κ1) is 13.9. The van der Waals surface area contributed by atoms with Gasteiger partial charge in [0, 0.05) is 5.69 Å². The van der Waals surface area contributed by atoms with E-state index in [1.165, 1.54) is 12.1 Å². The molecule has 0 aliphatic rings. The average molecular weight is 287 g/mol. The molecule has 0 aliphatic heterocycles. The summed E-state index contributed by atoms with van der Waals surface area (Å²) in [4.78, 5) is 10.8. The van der Waals surface area contributed by atoms with Crippen molar-refractivity contribution < 1.29 is 9.90 Å². The third-order valence-electron chi connectivity index (χ3n) is 2.84. The number of halogens is 1. The Hall–Kier alpha value is -2.51. The van der Waals surface area contributed by atoms with Crippen LogP contribution in [-0.4, -0.2) is 11.1 Å². The lowest BCUT2D eigenvalue weighted by Crippen LogP contribution is -1.98. The first-order chi connectivity index (χ1) is 9.51. The molecule has 0 amide bonds. The first-order valence-electron chi connectivity index (χ1n) is 5.82. The third-order valence-corrected chi connectivity index (χ3v) is 3.15. The lowest BCUT2D eigenvalue weighted by atomic mass is 10.1. The largest absolute Gasteiger partial charge is 0.478 e. The number of rotatable bonds is 3. The molecule has 0 unspecified atom stereocenters. The van der Waals surface area contributed by atoms with Crippen LogP contribution in [0.3, 0.4) is 0 Å². The van der Waals surface area contributed by atoms with Crippen LogP contribution in [0.5, 0.6) is 0 Å². The Kier molecular flexibility index (Phi) is 3.92. The SMILES string of the molecule is Cc1cc(Nc2ccc(C(=O)O)cc2Cl)ccc1C#N. The number of nitriles is 1. The zero-order valence-corrected chi connectivity index (χ0v) is 11.4. The summed E-state index contributed by atoms with van der Waals surface area (Å²) in [6, 6.07) is 11.9. The van der Waals surface area contributed by atoms with Crippen LogP contribution in [0.1, 0.15) is 21.5 Å². The highest BCUT2D eigenvalue weighted by molar-refractivity contribution is 6.33. The van der Waals surface area contributed by atoms with E-state index in [4.69, 9.17) is 22.0 Å². The van der Waals surface area contributed by atoms with E-state index in [-0.39, 0.29) is 5.56 Å². The zero-order chi connectivity index (χ0) is 14.7. The smallest absolute Gasteiger partial charge is 0.335 e. The van der Waals surface area contributed by atoms with Gasteiger partial charge in [-0.15, -0.1) is 0 Å². The van der Waals surface area contributed by atoms with Gasteiger partial charge < -0.3 is 10.4 Å². The molecule has 20 heavy (non-hydrogen) atoms. The first-order valence-corrected chi connectivity index (χ1v) is 6.19. The van der Waals surface area contributed by atoms with Crippen molar-refractivity contribution in [3.63, 3.8) is 0 Å². The second-order valence-corrected chi connectivity index (χ2v) is 4.67. The van der Waals surface area contributed by atoms with Crippen molar-refractivity contribution >= 4 is 28.9 Å². The number of hydrogen-bond donors (Lipinski definition) is 2. The van der Waals surface area contributed by atoms with Crippen LogP contribution < -0.4 is 5.32 Å². The molecule has 0 fully saturated rings. The van der Waals surface area contributed by atoms with Crippen molar-refractivity contribution in [1.82, 2.24) is 0 Å². The van der Waals surface area contributed by atoms with Crippen LogP contribution in [0.15, 0.2) is 36.4 Å². The summed E-state index contributed by atoms with van der Waals surface area (Å²) in [5.41, 5.74) is 3.00. The number of carboxylic acid groups (broad SMARTS) is 1. The minimum absolute atomic E-state index is 0.136. The fourth-order valence-electron chi connectivity index (χ4n) is 1.77. The van der Waals surface area contributed by atoms with Crippen molar-refractivity contribution in [2.24, 2.45) is 0 Å². The molecule has 4 nitrogen and oxygen atoms in total. The highest BCUT2D eigenvalue weighted by Crippen LogP contribution is 2.27. The van der Waals surface area contributed by atoms with E-state index in [1.807, 2.05) is 13.0 Å². The lowest BCUT2D eigenvalue weighted by Gasteiger charge is -2.10. The average Bonchev–Trinajstić information content (AvgIpc) is 2.41. The zero-order valence-electron chi connectivity index (χ0n) is 10.6. The summed E-state index contributed by atoms with van der Waals surface area (Å²) in [7, 11) is 0. The van der Waals surface area contributed by atoms with Gasteiger partial charge >= 0.3 is 5.97 Å². The Morgan fingerprint density at radius 2 is 2.05 bits per heavy atom. The molecule has 0 aliphatic carbocycles. The predicted octanol–water partition coefficient (Wildman–Crippen LogP) is 3.96. The second kappa shape index (κ2) is 5.64. The summed E-state index contributed by atoms with van der Waals surface area (Å²) >= 11 is 6.04. The molecule has 0 spiro atoms. The summed E-state index contributed by atoms with van der Waals surface area (Å²) in [5.74, 6) is -1.02. The van der Waals surface area contributed by atoms with Crippen molar-refractivity contribution in [2.75, 3.05) is 5.32 Å². The maximum absolute atomic E-state index is 10.8. The Balaban J connectivity index is 2.29. The van der Waals surface area contributed by atoms with E-state index in [0.717, 1.165) is 11.3 Å². The Bertz CT molecular complexity index is 720. The molecule has 100 valence electrons. The van der Waals surface area contributed by atoms with Gasteiger partial charge in [0.05, 0.1) is 27.9 Å². The molecule has 0 saturated carbocycles. The molecule has 2 aromatic rings. The van der Waals surface area contributed by atoms with Crippen LogP contribution in [0, 0.1) is 18.3 Å². The summed E-state index contributed by atoms with van der Waals surface area (Å²) in [5, 5.41) is 21.2. The van der Waals surface area contributed by atoms with Gasteiger partial charge in [0.2, 0.25) is 0 Å². The normalized spacial score (nSPS) is 9.85. The lowest BCUT2D eigenvalue weighted by molar-refractivity contribution is 0.0697. The molecule has 0 radical (unpaired) electrons. The van der Waals surface area contributed by atoms with Crippen LogP contribution >= 0.6 is 11.6 Å². The number of aromatic carboxylic acids is 1. The van der Waals surface area contributed by atoms with Gasteiger partial charge in [-0.2, -0.15) is 5.26 Å². The summed E-state index contributed by atoms with van der Waals surface area (Å²) in [6.07, 6.45) is 0. The molecule has 0 heterocycles. The third kappa shape index (κ3) is 2.90. The number of nitrogens with one attached hydrogen (secondary N) is 1. The maximum atomic E-state index is 10.8. The highest BCUT2D eigenvalue weighted by Gasteiger charge is 2.07. The van der Waals surface area contributed by atoms with Crippen LogP contribution in [-0.2, 0) is 0 Å². The molecular formula is C15H11ClN2O2. The Labute approximate surface area is 121 Å². The van der Waals surface area contributed by atoms with E-state index >= 15 is 0 Å². The highest BCUT2D eigenvalue weighted by atomic mass is 35.5. The van der Waals surface area contributed by atoms with Crippen molar-refractivity contribution in [2.45, 2.75) is 6.92 Å². The number of hydrogen-bond acceptors (Lipinski definition) is 3. The van der Waals surface area contributed by atoms with Gasteiger partial charge in [-0.3, -0.25) is 0 Å². The standard InChI is InChI=1S/C15H11ClN2O2/c1-9-6-12(4-2-11(9)8-17)18-14-5-3-10(15(19)20)7-13(14)16/h2-7,18H,1H3,(H,19,20). The number of carbonyl (C=O) groups is 1. The fraction of sp³-hybridized carbons (Fsp3) is 0.0667. The topological polar surface area (TPSA) is 73.1 Å². The number of nitrogens with zero attached hydrogens (tertiary/aromatic N) is 1. The molecule has 0 bridgehead atoms. The number of benzene rings is 2. The molecular weight excluding hydrogens is 276 g/mol. The monoisotopic (exact) mass is 286 g/mol. The molecule has 0 saturated heterocycles. The van der Waals surface area contributed by atoms with Gasteiger partial charge in [0.15, 0.2) is 0 Å². The molecule has 2 rings (SSSR count).